The number of anilines is 1. The van der Waals surface area contributed by atoms with Crippen LogP contribution >= 0.6 is 0 Å². The molecule has 1 aliphatic heterocycles. The van der Waals surface area contributed by atoms with Gasteiger partial charge in [0.2, 0.25) is 5.91 Å². The maximum absolute atomic E-state index is 14.0. The number of nitrogens with one attached hydrogen (secondary N) is 2. The van der Waals surface area contributed by atoms with E-state index < -0.39 is 30.0 Å². The second-order valence-corrected chi connectivity index (χ2v) is 10.1. The van der Waals surface area contributed by atoms with E-state index in [1.807, 2.05) is 54.6 Å². The molecule has 0 radical (unpaired) electrons. The standard InChI is InChI=1S/C34H33N3O6/c1-41-28-16-12-24(13-17-28)31(33(39)35-27-14-18-29(42-2)19-15-27)36-32(38)30-20-25-10-6-7-11-26(25)21-37(30)34(40)43-22-23-8-4-3-5-9-23/h3-19,30-31H,20-22H2,1-2H3,(H,35,39)(H,36,38)/t30-,31-/m0/s1. The number of rotatable bonds is 9. The maximum Gasteiger partial charge on any atom is 0.411 e. The molecule has 2 N–H and O–H groups in total. The summed E-state index contributed by atoms with van der Waals surface area (Å²) in [6.45, 7) is 0.276. The van der Waals surface area contributed by atoms with Crippen molar-refractivity contribution in [2.24, 2.45) is 0 Å². The van der Waals surface area contributed by atoms with Crippen molar-refractivity contribution in [2.45, 2.75) is 31.7 Å². The third-order valence-electron chi connectivity index (χ3n) is 7.35. The lowest BCUT2D eigenvalue weighted by Crippen LogP contribution is -2.54. The Morgan fingerprint density at radius 2 is 1.40 bits per heavy atom. The first kappa shape index (κ1) is 29.2. The Hall–Kier alpha value is -5.31. The lowest BCUT2D eigenvalue weighted by molar-refractivity contribution is -0.130. The van der Waals surface area contributed by atoms with Gasteiger partial charge in [0, 0.05) is 12.1 Å². The number of hydrogen-bond acceptors (Lipinski definition) is 6. The fourth-order valence-corrected chi connectivity index (χ4v) is 4.98. The van der Waals surface area contributed by atoms with Crippen molar-refractivity contribution < 1.29 is 28.6 Å². The molecule has 0 bridgehead atoms. The lowest BCUT2D eigenvalue weighted by atomic mass is 9.93. The summed E-state index contributed by atoms with van der Waals surface area (Å²) in [6, 6.07) is 28.9. The van der Waals surface area contributed by atoms with Gasteiger partial charge >= 0.3 is 6.09 Å². The van der Waals surface area contributed by atoms with Crippen molar-refractivity contribution in [1.82, 2.24) is 10.2 Å². The Morgan fingerprint density at radius 3 is 2.05 bits per heavy atom. The largest absolute Gasteiger partial charge is 0.497 e. The van der Waals surface area contributed by atoms with Crippen LogP contribution in [0.5, 0.6) is 11.5 Å². The third-order valence-corrected chi connectivity index (χ3v) is 7.35. The maximum atomic E-state index is 14.0. The van der Waals surface area contributed by atoms with Gasteiger partial charge in [-0.05, 0) is 58.7 Å². The molecule has 9 heteroatoms. The fraction of sp³-hybridized carbons (Fsp3) is 0.206. The van der Waals surface area contributed by atoms with Gasteiger partial charge in [-0.3, -0.25) is 14.5 Å². The Labute approximate surface area is 250 Å². The quantitative estimate of drug-likeness (QED) is 0.280. The zero-order valence-electron chi connectivity index (χ0n) is 24.0. The number of fused-ring (bicyclic) bond motifs is 1. The molecule has 220 valence electrons. The molecule has 0 fully saturated rings. The summed E-state index contributed by atoms with van der Waals surface area (Å²) < 4.78 is 16.1. The van der Waals surface area contributed by atoms with Gasteiger partial charge < -0.3 is 24.8 Å². The summed E-state index contributed by atoms with van der Waals surface area (Å²) >= 11 is 0. The average molecular weight is 580 g/mol. The van der Waals surface area contributed by atoms with Gasteiger partial charge in [0.15, 0.2) is 0 Å². The smallest absolute Gasteiger partial charge is 0.411 e. The molecule has 0 spiro atoms. The van der Waals surface area contributed by atoms with Crippen LogP contribution in [-0.2, 0) is 33.9 Å². The van der Waals surface area contributed by atoms with Crippen LogP contribution in [0, 0.1) is 0 Å². The van der Waals surface area contributed by atoms with E-state index in [9.17, 15) is 14.4 Å². The summed E-state index contributed by atoms with van der Waals surface area (Å²) in [5.41, 5.74) is 3.82. The molecule has 0 aliphatic carbocycles. The minimum absolute atomic E-state index is 0.0743. The number of carbonyl (C=O) groups excluding carboxylic acids is 3. The number of methoxy groups -OCH3 is 2. The highest BCUT2D eigenvalue weighted by Crippen LogP contribution is 2.27. The van der Waals surface area contributed by atoms with Crippen molar-refractivity contribution in [2.75, 3.05) is 19.5 Å². The van der Waals surface area contributed by atoms with Gasteiger partial charge in [-0.15, -0.1) is 0 Å². The minimum atomic E-state index is -1.06. The second-order valence-electron chi connectivity index (χ2n) is 10.1. The van der Waals surface area contributed by atoms with E-state index in [1.54, 1.807) is 62.8 Å². The first-order valence-electron chi connectivity index (χ1n) is 13.9. The molecule has 2 atom stereocenters. The van der Waals surface area contributed by atoms with Crippen LogP contribution in [0.4, 0.5) is 10.5 Å². The van der Waals surface area contributed by atoms with Crippen LogP contribution in [0.25, 0.3) is 0 Å². The fourth-order valence-electron chi connectivity index (χ4n) is 4.98. The SMILES string of the molecule is COc1ccc(NC(=O)[C@@H](NC(=O)[C@@H]2Cc3ccccc3CN2C(=O)OCc2ccccc2)c2ccc(OC)cc2)cc1. The molecular weight excluding hydrogens is 546 g/mol. The monoisotopic (exact) mass is 579 g/mol. The molecule has 1 heterocycles. The lowest BCUT2D eigenvalue weighted by Gasteiger charge is -2.36. The molecule has 1 aliphatic rings. The van der Waals surface area contributed by atoms with Crippen molar-refractivity contribution >= 4 is 23.6 Å². The highest BCUT2D eigenvalue weighted by atomic mass is 16.6. The van der Waals surface area contributed by atoms with Crippen molar-refractivity contribution in [3.8, 4) is 11.5 Å². The molecule has 5 rings (SSSR count). The zero-order chi connectivity index (χ0) is 30.2. The number of carbonyl (C=O) groups is 3. The highest BCUT2D eigenvalue weighted by Gasteiger charge is 2.37. The van der Waals surface area contributed by atoms with E-state index in [4.69, 9.17) is 14.2 Å². The summed E-state index contributed by atoms with van der Waals surface area (Å²) in [5, 5.41) is 5.78. The van der Waals surface area contributed by atoms with Crippen LogP contribution in [0.1, 0.15) is 28.3 Å². The van der Waals surface area contributed by atoms with Gasteiger partial charge in [0.1, 0.15) is 30.2 Å². The normalized spacial score (nSPS) is 14.6. The predicted octanol–water partition coefficient (Wildman–Crippen LogP) is 5.26. The summed E-state index contributed by atoms with van der Waals surface area (Å²) in [7, 11) is 3.12. The first-order chi connectivity index (χ1) is 20.9. The molecule has 0 saturated carbocycles. The first-order valence-corrected chi connectivity index (χ1v) is 13.9. The Bertz CT molecular complexity index is 1560. The second kappa shape index (κ2) is 13.6. The zero-order valence-corrected chi connectivity index (χ0v) is 24.0. The molecule has 43 heavy (non-hydrogen) atoms. The highest BCUT2D eigenvalue weighted by molar-refractivity contribution is 5.99. The molecule has 3 amide bonds. The van der Waals surface area contributed by atoms with Crippen molar-refractivity contribution in [1.29, 1.82) is 0 Å². The average Bonchev–Trinajstić information content (AvgIpc) is 3.06. The van der Waals surface area contributed by atoms with E-state index in [0.717, 1.165) is 16.7 Å². The van der Waals surface area contributed by atoms with E-state index in [-0.39, 0.29) is 19.6 Å². The molecule has 0 unspecified atom stereocenters. The molecule has 4 aromatic rings. The Kier molecular flexibility index (Phi) is 9.21. The molecule has 0 saturated heterocycles. The van der Waals surface area contributed by atoms with Gasteiger partial charge in [0.25, 0.3) is 5.91 Å². The summed E-state index contributed by atoms with van der Waals surface area (Å²) in [6.07, 6.45) is -0.333. The number of amides is 3. The molecular formula is C34H33N3O6. The molecule has 0 aromatic heterocycles. The van der Waals surface area contributed by atoms with E-state index >= 15 is 0 Å². The Balaban J connectivity index is 1.39. The van der Waals surface area contributed by atoms with E-state index in [0.29, 0.717) is 22.7 Å². The van der Waals surface area contributed by atoms with Gasteiger partial charge in [-0.2, -0.15) is 0 Å². The van der Waals surface area contributed by atoms with Gasteiger partial charge in [-0.1, -0.05) is 66.7 Å². The number of benzene rings is 4. The minimum Gasteiger partial charge on any atom is -0.497 e. The molecule has 4 aromatic carbocycles. The summed E-state index contributed by atoms with van der Waals surface area (Å²) in [5.74, 6) is 0.338. The van der Waals surface area contributed by atoms with Crippen LogP contribution in [-0.4, -0.2) is 43.1 Å². The summed E-state index contributed by atoms with van der Waals surface area (Å²) in [4.78, 5) is 42.4. The Morgan fingerprint density at radius 1 is 0.791 bits per heavy atom. The van der Waals surface area contributed by atoms with E-state index in [2.05, 4.69) is 10.6 Å². The van der Waals surface area contributed by atoms with E-state index in [1.165, 1.54) is 4.90 Å². The number of ether oxygens (including phenoxy) is 3. The topological polar surface area (TPSA) is 106 Å². The van der Waals surface area contributed by atoms with Crippen LogP contribution in [0.3, 0.4) is 0 Å². The van der Waals surface area contributed by atoms with Gasteiger partial charge in [0.05, 0.1) is 20.8 Å². The van der Waals surface area contributed by atoms with Gasteiger partial charge in [-0.25, -0.2) is 4.79 Å². The van der Waals surface area contributed by atoms with Crippen LogP contribution in [0.2, 0.25) is 0 Å². The number of hydrogen-bond donors (Lipinski definition) is 2. The van der Waals surface area contributed by atoms with Crippen molar-refractivity contribution in [3.63, 3.8) is 0 Å². The van der Waals surface area contributed by atoms with Crippen LogP contribution in [0.15, 0.2) is 103 Å². The third kappa shape index (κ3) is 7.13. The van der Waals surface area contributed by atoms with Crippen LogP contribution < -0.4 is 20.1 Å². The molecule has 9 nitrogen and oxygen atoms in total. The van der Waals surface area contributed by atoms with Crippen molar-refractivity contribution in [3.05, 3.63) is 125 Å². The predicted molar refractivity (Wildman–Crippen MR) is 162 cm³/mol. The number of nitrogens with zero attached hydrogens (tertiary/aromatic N) is 1.